The van der Waals surface area contributed by atoms with Crippen LogP contribution in [0.3, 0.4) is 0 Å². The van der Waals surface area contributed by atoms with E-state index in [2.05, 4.69) is 60.1 Å². The van der Waals surface area contributed by atoms with Gasteiger partial charge in [-0.05, 0) is 69.0 Å². The molecule has 1 heterocycles. The summed E-state index contributed by atoms with van der Waals surface area (Å²) in [5.41, 5.74) is 6.28. The Labute approximate surface area is 201 Å². The zero-order chi connectivity index (χ0) is 23.9. The quantitative estimate of drug-likeness (QED) is 0.308. The van der Waals surface area contributed by atoms with E-state index >= 15 is 0 Å². The van der Waals surface area contributed by atoms with Crippen molar-refractivity contribution in [3.8, 4) is 5.75 Å². The standard InChI is InChI=1S/C29H33N3O2/c1-21-10-6-13-24(20-21)29(33)30-17-8-16-27-31-25-14-4-5-15-26(25)32(27)18-9-19-34-28-22(2)11-7-12-23(28)3/h4-7,10-15,20H,8-9,16-19H2,1-3H3,(H,30,33). The van der Waals surface area contributed by atoms with E-state index in [1.54, 1.807) is 0 Å². The molecule has 0 aliphatic carbocycles. The van der Waals surface area contributed by atoms with E-state index in [0.29, 0.717) is 18.7 Å². The van der Waals surface area contributed by atoms with Gasteiger partial charge in [0.1, 0.15) is 11.6 Å². The first kappa shape index (κ1) is 23.6. The van der Waals surface area contributed by atoms with Crippen molar-refractivity contribution in [3.63, 3.8) is 0 Å². The summed E-state index contributed by atoms with van der Waals surface area (Å²) in [6.07, 6.45) is 2.53. The second kappa shape index (κ2) is 11.0. The second-order valence-electron chi connectivity index (χ2n) is 8.82. The van der Waals surface area contributed by atoms with Crippen LogP contribution in [0.25, 0.3) is 11.0 Å². The number of imidazole rings is 1. The summed E-state index contributed by atoms with van der Waals surface area (Å²) >= 11 is 0. The third-order valence-corrected chi connectivity index (χ3v) is 6.06. The third-order valence-electron chi connectivity index (χ3n) is 6.06. The maximum atomic E-state index is 12.4. The summed E-state index contributed by atoms with van der Waals surface area (Å²) in [6.45, 7) is 8.28. The molecule has 176 valence electrons. The lowest BCUT2D eigenvalue weighted by Crippen LogP contribution is -2.25. The van der Waals surface area contributed by atoms with Gasteiger partial charge >= 0.3 is 0 Å². The van der Waals surface area contributed by atoms with Crippen molar-refractivity contribution in [2.45, 2.75) is 46.6 Å². The maximum absolute atomic E-state index is 12.4. The number of hydrogen-bond acceptors (Lipinski definition) is 3. The number of hydrogen-bond donors (Lipinski definition) is 1. The van der Waals surface area contributed by atoms with Gasteiger partial charge in [0.25, 0.3) is 5.91 Å². The number of carbonyl (C=O) groups is 1. The molecular formula is C29H33N3O2. The fourth-order valence-electron chi connectivity index (χ4n) is 4.33. The first-order valence-corrected chi connectivity index (χ1v) is 12.0. The monoisotopic (exact) mass is 455 g/mol. The Morgan fingerprint density at radius 3 is 2.50 bits per heavy atom. The SMILES string of the molecule is Cc1cccc(C(=O)NCCCc2nc3ccccc3n2CCCOc2c(C)cccc2C)c1. The van der Waals surface area contributed by atoms with Gasteiger partial charge in [-0.1, -0.05) is 48.0 Å². The van der Waals surface area contributed by atoms with Gasteiger partial charge < -0.3 is 14.6 Å². The van der Waals surface area contributed by atoms with Crippen LogP contribution in [-0.2, 0) is 13.0 Å². The molecule has 1 N–H and O–H groups in total. The molecule has 3 aromatic carbocycles. The lowest BCUT2D eigenvalue weighted by molar-refractivity contribution is 0.0953. The molecule has 0 atom stereocenters. The normalized spacial score (nSPS) is 11.0. The highest BCUT2D eigenvalue weighted by Crippen LogP contribution is 2.23. The summed E-state index contributed by atoms with van der Waals surface area (Å²) in [5, 5.41) is 3.03. The Bertz CT molecular complexity index is 1260. The molecule has 0 fully saturated rings. The number of para-hydroxylation sites is 3. The number of fused-ring (bicyclic) bond motifs is 1. The highest BCUT2D eigenvalue weighted by atomic mass is 16.5. The molecule has 0 unspecified atom stereocenters. The molecule has 0 aliphatic heterocycles. The van der Waals surface area contributed by atoms with Gasteiger partial charge in [0, 0.05) is 25.1 Å². The van der Waals surface area contributed by atoms with Gasteiger partial charge in [0.2, 0.25) is 0 Å². The molecule has 0 saturated heterocycles. The van der Waals surface area contributed by atoms with Crippen molar-refractivity contribution in [1.29, 1.82) is 0 Å². The minimum absolute atomic E-state index is 0.0270. The molecule has 5 nitrogen and oxygen atoms in total. The number of ether oxygens (including phenoxy) is 1. The van der Waals surface area contributed by atoms with Gasteiger partial charge in [-0.3, -0.25) is 4.79 Å². The van der Waals surface area contributed by atoms with Crippen LogP contribution in [0.4, 0.5) is 0 Å². The van der Waals surface area contributed by atoms with Crippen LogP contribution in [0.1, 0.15) is 45.7 Å². The Kier molecular flexibility index (Phi) is 7.63. The Morgan fingerprint density at radius 2 is 1.71 bits per heavy atom. The highest BCUT2D eigenvalue weighted by molar-refractivity contribution is 5.94. The largest absolute Gasteiger partial charge is 0.493 e. The van der Waals surface area contributed by atoms with Crippen molar-refractivity contribution in [3.05, 3.63) is 94.8 Å². The molecule has 1 aromatic heterocycles. The fraction of sp³-hybridized carbons (Fsp3) is 0.310. The van der Waals surface area contributed by atoms with Crippen LogP contribution in [0, 0.1) is 20.8 Å². The second-order valence-corrected chi connectivity index (χ2v) is 8.82. The van der Waals surface area contributed by atoms with E-state index in [9.17, 15) is 4.79 Å². The zero-order valence-corrected chi connectivity index (χ0v) is 20.3. The van der Waals surface area contributed by atoms with E-state index in [1.165, 1.54) is 11.1 Å². The van der Waals surface area contributed by atoms with E-state index in [0.717, 1.165) is 54.0 Å². The summed E-state index contributed by atoms with van der Waals surface area (Å²) in [5.74, 6) is 2.02. The van der Waals surface area contributed by atoms with Gasteiger partial charge in [0.05, 0.1) is 17.6 Å². The van der Waals surface area contributed by atoms with Gasteiger partial charge in [-0.25, -0.2) is 4.98 Å². The van der Waals surface area contributed by atoms with Crippen LogP contribution in [0.15, 0.2) is 66.7 Å². The molecule has 1 amide bonds. The predicted molar refractivity (Wildman–Crippen MR) is 138 cm³/mol. The number of nitrogens with zero attached hydrogens (tertiary/aromatic N) is 2. The number of carbonyl (C=O) groups excluding carboxylic acids is 1. The molecule has 5 heteroatoms. The summed E-state index contributed by atoms with van der Waals surface area (Å²) < 4.78 is 8.41. The smallest absolute Gasteiger partial charge is 0.251 e. The Morgan fingerprint density at radius 1 is 0.941 bits per heavy atom. The molecule has 34 heavy (non-hydrogen) atoms. The molecular weight excluding hydrogens is 422 g/mol. The minimum atomic E-state index is -0.0270. The summed E-state index contributed by atoms with van der Waals surface area (Å²) in [4.78, 5) is 17.3. The number of nitrogens with one attached hydrogen (secondary N) is 1. The van der Waals surface area contributed by atoms with Crippen LogP contribution in [0.2, 0.25) is 0 Å². The molecule has 0 saturated carbocycles. The predicted octanol–water partition coefficient (Wildman–Crippen LogP) is 5.79. The van der Waals surface area contributed by atoms with Gasteiger partial charge in [0.15, 0.2) is 0 Å². The lowest BCUT2D eigenvalue weighted by atomic mass is 10.1. The molecule has 0 aliphatic rings. The average Bonchev–Trinajstić information content (AvgIpc) is 3.18. The van der Waals surface area contributed by atoms with Crippen LogP contribution in [-0.4, -0.2) is 28.6 Å². The number of rotatable bonds is 10. The van der Waals surface area contributed by atoms with E-state index in [4.69, 9.17) is 9.72 Å². The Hall–Kier alpha value is -3.60. The van der Waals surface area contributed by atoms with Crippen LogP contribution >= 0.6 is 0 Å². The van der Waals surface area contributed by atoms with Crippen molar-refractivity contribution in [1.82, 2.24) is 14.9 Å². The van der Waals surface area contributed by atoms with Crippen LogP contribution in [0.5, 0.6) is 5.75 Å². The first-order chi connectivity index (χ1) is 16.5. The fourth-order valence-corrected chi connectivity index (χ4v) is 4.33. The van der Waals surface area contributed by atoms with E-state index < -0.39 is 0 Å². The number of amides is 1. The minimum Gasteiger partial charge on any atom is -0.493 e. The van der Waals surface area contributed by atoms with Crippen molar-refractivity contribution >= 4 is 16.9 Å². The topological polar surface area (TPSA) is 56.2 Å². The first-order valence-electron chi connectivity index (χ1n) is 12.0. The number of aromatic nitrogens is 2. The van der Waals surface area contributed by atoms with Crippen molar-refractivity contribution in [2.75, 3.05) is 13.2 Å². The number of aryl methyl sites for hydroxylation is 5. The highest BCUT2D eigenvalue weighted by Gasteiger charge is 2.11. The summed E-state index contributed by atoms with van der Waals surface area (Å²) in [7, 11) is 0. The molecule has 0 spiro atoms. The van der Waals surface area contributed by atoms with Crippen molar-refractivity contribution in [2.24, 2.45) is 0 Å². The van der Waals surface area contributed by atoms with Crippen LogP contribution < -0.4 is 10.1 Å². The molecule has 4 rings (SSSR count). The van der Waals surface area contributed by atoms with Crippen molar-refractivity contribution < 1.29 is 9.53 Å². The maximum Gasteiger partial charge on any atom is 0.251 e. The van der Waals surface area contributed by atoms with Gasteiger partial charge in [-0.15, -0.1) is 0 Å². The number of benzene rings is 3. The molecule has 0 bridgehead atoms. The van der Waals surface area contributed by atoms with Gasteiger partial charge in [-0.2, -0.15) is 0 Å². The molecule has 4 aromatic rings. The average molecular weight is 456 g/mol. The van der Waals surface area contributed by atoms with E-state index in [1.807, 2.05) is 37.3 Å². The molecule has 0 radical (unpaired) electrons. The third kappa shape index (κ3) is 5.66. The zero-order valence-electron chi connectivity index (χ0n) is 20.3. The van der Waals surface area contributed by atoms with E-state index in [-0.39, 0.29) is 5.91 Å². The lowest BCUT2D eigenvalue weighted by Gasteiger charge is -2.13. The summed E-state index contributed by atoms with van der Waals surface area (Å²) in [6, 6.07) is 22.2. The Balaban J connectivity index is 1.35.